The van der Waals surface area contributed by atoms with E-state index in [1.807, 2.05) is 13.8 Å². The Hall–Kier alpha value is -1.78. The van der Waals surface area contributed by atoms with Crippen LogP contribution < -0.4 is 5.56 Å². The topological polar surface area (TPSA) is 71.5 Å². The summed E-state index contributed by atoms with van der Waals surface area (Å²) in [6, 6.07) is 0. The average molecular weight is 190 g/mol. The van der Waals surface area contributed by atoms with E-state index in [0.29, 0.717) is 10.9 Å². The van der Waals surface area contributed by atoms with Crippen molar-refractivity contribution in [3.63, 3.8) is 0 Å². The van der Waals surface area contributed by atoms with Crippen molar-refractivity contribution >= 4 is 10.9 Å². The molecule has 0 saturated carbocycles. The summed E-state index contributed by atoms with van der Waals surface area (Å²) in [4.78, 5) is 19.6. The van der Waals surface area contributed by atoms with Crippen LogP contribution in [0.25, 0.3) is 10.9 Å². The maximum absolute atomic E-state index is 11.3. The highest BCUT2D eigenvalue weighted by Gasteiger charge is 2.05. The Kier molecular flexibility index (Phi) is 1.99. The molecule has 14 heavy (non-hydrogen) atoms. The maximum Gasteiger partial charge on any atom is 0.275 e. The minimum absolute atomic E-state index is 0.249. The smallest absolute Gasteiger partial charge is 0.267 e. The molecule has 0 aliphatic rings. The first-order chi connectivity index (χ1) is 6.68. The van der Waals surface area contributed by atoms with Gasteiger partial charge in [0, 0.05) is 12.1 Å². The highest BCUT2D eigenvalue weighted by Crippen LogP contribution is 2.10. The van der Waals surface area contributed by atoms with Crippen molar-refractivity contribution in [1.29, 1.82) is 0 Å². The summed E-state index contributed by atoms with van der Waals surface area (Å²) in [6.45, 7) is 4.00. The third-order valence-corrected chi connectivity index (χ3v) is 1.95. The Labute approximate surface area is 80.2 Å². The lowest BCUT2D eigenvalue weighted by Gasteiger charge is -2.02. The number of aromatic nitrogens is 4. The van der Waals surface area contributed by atoms with Gasteiger partial charge >= 0.3 is 0 Å². The molecule has 0 saturated heterocycles. The summed E-state index contributed by atoms with van der Waals surface area (Å²) in [5.74, 6) is 0.976. The third kappa shape index (κ3) is 1.37. The minimum Gasteiger partial charge on any atom is -0.267 e. The molecule has 0 radical (unpaired) electrons. The standard InChI is InChI=1S/C9H10N4O/c1-5(2)8-10-3-6-7(12-8)4-11-13-9(6)14/h3-5H,1-2H3,(H,13,14). The molecule has 2 aromatic heterocycles. The molecule has 0 aliphatic carbocycles. The van der Waals surface area contributed by atoms with Gasteiger partial charge in [-0.25, -0.2) is 15.1 Å². The van der Waals surface area contributed by atoms with Gasteiger partial charge in [-0.3, -0.25) is 4.79 Å². The summed E-state index contributed by atoms with van der Waals surface area (Å²) in [6.07, 6.45) is 3.07. The Morgan fingerprint density at radius 3 is 2.86 bits per heavy atom. The van der Waals surface area contributed by atoms with E-state index >= 15 is 0 Å². The van der Waals surface area contributed by atoms with Crippen LogP contribution in [0.1, 0.15) is 25.6 Å². The molecular weight excluding hydrogens is 180 g/mol. The fourth-order valence-electron chi connectivity index (χ4n) is 1.17. The first-order valence-electron chi connectivity index (χ1n) is 4.39. The molecule has 0 spiro atoms. The van der Waals surface area contributed by atoms with Gasteiger partial charge in [-0.1, -0.05) is 13.8 Å². The zero-order chi connectivity index (χ0) is 10.1. The molecule has 0 atom stereocenters. The lowest BCUT2D eigenvalue weighted by Crippen LogP contribution is -2.10. The van der Waals surface area contributed by atoms with Crippen LogP contribution in [0.15, 0.2) is 17.2 Å². The van der Waals surface area contributed by atoms with E-state index in [2.05, 4.69) is 20.2 Å². The van der Waals surface area contributed by atoms with Crippen LogP contribution in [-0.2, 0) is 0 Å². The summed E-state index contributed by atoms with van der Waals surface area (Å²) in [7, 11) is 0. The number of fused-ring (bicyclic) bond motifs is 1. The number of hydrogen-bond acceptors (Lipinski definition) is 4. The van der Waals surface area contributed by atoms with Crippen LogP contribution in [0.3, 0.4) is 0 Å². The van der Waals surface area contributed by atoms with E-state index in [1.165, 1.54) is 12.4 Å². The number of H-pyrrole nitrogens is 1. The Morgan fingerprint density at radius 2 is 2.14 bits per heavy atom. The zero-order valence-corrected chi connectivity index (χ0v) is 7.98. The maximum atomic E-state index is 11.3. The van der Waals surface area contributed by atoms with Crippen molar-refractivity contribution < 1.29 is 0 Å². The van der Waals surface area contributed by atoms with Crippen LogP contribution >= 0.6 is 0 Å². The van der Waals surface area contributed by atoms with Crippen molar-refractivity contribution in [3.05, 3.63) is 28.6 Å². The summed E-state index contributed by atoms with van der Waals surface area (Å²) >= 11 is 0. The van der Waals surface area contributed by atoms with Gasteiger partial charge in [-0.2, -0.15) is 5.10 Å². The van der Waals surface area contributed by atoms with Gasteiger partial charge in [-0.05, 0) is 0 Å². The largest absolute Gasteiger partial charge is 0.275 e. The van der Waals surface area contributed by atoms with Gasteiger partial charge in [0.2, 0.25) is 0 Å². The molecular formula is C9H10N4O. The van der Waals surface area contributed by atoms with Gasteiger partial charge in [0.25, 0.3) is 5.56 Å². The summed E-state index contributed by atoms with van der Waals surface area (Å²) < 4.78 is 0. The predicted molar refractivity (Wildman–Crippen MR) is 52.0 cm³/mol. The van der Waals surface area contributed by atoms with Crippen LogP contribution in [0.4, 0.5) is 0 Å². The molecule has 2 heterocycles. The second kappa shape index (κ2) is 3.17. The first kappa shape index (κ1) is 8.80. The zero-order valence-electron chi connectivity index (χ0n) is 7.98. The average Bonchev–Trinajstić information content (AvgIpc) is 2.17. The van der Waals surface area contributed by atoms with Gasteiger partial charge in [0.15, 0.2) is 0 Å². The Balaban J connectivity index is 2.74. The van der Waals surface area contributed by atoms with E-state index in [0.717, 1.165) is 5.82 Å². The van der Waals surface area contributed by atoms with Crippen LogP contribution in [0.5, 0.6) is 0 Å². The third-order valence-electron chi connectivity index (χ3n) is 1.95. The molecule has 0 fully saturated rings. The first-order valence-corrected chi connectivity index (χ1v) is 4.39. The van der Waals surface area contributed by atoms with Crippen LogP contribution in [0, 0.1) is 0 Å². The Morgan fingerprint density at radius 1 is 1.36 bits per heavy atom. The molecule has 0 aliphatic heterocycles. The van der Waals surface area contributed by atoms with Gasteiger partial charge in [-0.15, -0.1) is 0 Å². The quantitative estimate of drug-likeness (QED) is 0.723. The number of aromatic amines is 1. The lowest BCUT2D eigenvalue weighted by atomic mass is 10.2. The normalized spacial score (nSPS) is 11.1. The van der Waals surface area contributed by atoms with E-state index in [-0.39, 0.29) is 11.5 Å². The minimum atomic E-state index is -0.252. The molecule has 0 amide bonds. The summed E-state index contributed by atoms with van der Waals surface area (Å²) in [5, 5.41) is 6.50. The second-order valence-corrected chi connectivity index (χ2v) is 3.38. The molecule has 0 bridgehead atoms. The predicted octanol–water partition coefficient (Wildman–Crippen LogP) is 0.836. The molecule has 2 aromatic rings. The Bertz CT molecular complexity index is 517. The number of nitrogens with zero attached hydrogens (tertiary/aromatic N) is 3. The van der Waals surface area contributed by atoms with Gasteiger partial charge in [0.05, 0.1) is 17.1 Å². The van der Waals surface area contributed by atoms with Crippen molar-refractivity contribution in [2.75, 3.05) is 0 Å². The van der Waals surface area contributed by atoms with Crippen LogP contribution in [-0.4, -0.2) is 20.2 Å². The van der Waals surface area contributed by atoms with Crippen molar-refractivity contribution in [3.8, 4) is 0 Å². The van der Waals surface area contributed by atoms with Crippen molar-refractivity contribution in [1.82, 2.24) is 20.2 Å². The van der Waals surface area contributed by atoms with E-state index in [9.17, 15) is 4.79 Å². The lowest BCUT2D eigenvalue weighted by molar-refractivity contribution is 0.781. The van der Waals surface area contributed by atoms with Gasteiger partial charge in [0.1, 0.15) is 5.82 Å². The van der Waals surface area contributed by atoms with E-state index in [4.69, 9.17) is 0 Å². The fourth-order valence-corrected chi connectivity index (χ4v) is 1.17. The highest BCUT2D eigenvalue weighted by molar-refractivity contribution is 5.74. The molecule has 5 nitrogen and oxygen atoms in total. The van der Waals surface area contributed by atoms with Crippen molar-refractivity contribution in [2.24, 2.45) is 0 Å². The molecule has 2 rings (SSSR count). The van der Waals surface area contributed by atoms with Crippen molar-refractivity contribution in [2.45, 2.75) is 19.8 Å². The van der Waals surface area contributed by atoms with E-state index < -0.39 is 0 Å². The number of rotatable bonds is 1. The number of nitrogens with one attached hydrogen (secondary N) is 1. The fraction of sp³-hybridized carbons (Fsp3) is 0.333. The van der Waals surface area contributed by atoms with Crippen LogP contribution in [0.2, 0.25) is 0 Å². The molecule has 1 N–H and O–H groups in total. The van der Waals surface area contributed by atoms with Gasteiger partial charge < -0.3 is 0 Å². The molecule has 0 aromatic carbocycles. The second-order valence-electron chi connectivity index (χ2n) is 3.38. The molecule has 0 unspecified atom stereocenters. The molecule has 5 heteroatoms. The monoisotopic (exact) mass is 190 g/mol. The SMILES string of the molecule is CC(C)c1ncc2c(=O)[nH]ncc2n1. The number of hydrogen-bond donors (Lipinski definition) is 1. The highest BCUT2D eigenvalue weighted by atomic mass is 16.1. The van der Waals surface area contributed by atoms with E-state index in [1.54, 1.807) is 0 Å². The molecule has 72 valence electrons. The summed E-state index contributed by atoms with van der Waals surface area (Å²) in [5.41, 5.74) is 0.338.